The maximum atomic E-state index is 13.5. The van der Waals surface area contributed by atoms with Gasteiger partial charge in [0, 0.05) is 36.2 Å². The third kappa shape index (κ3) is 5.33. The van der Waals surface area contributed by atoms with Gasteiger partial charge in [-0.05, 0) is 72.2 Å². The van der Waals surface area contributed by atoms with E-state index in [2.05, 4.69) is 30.5 Å². The number of carbonyl (C=O) groups excluding carboxylic acids is 2. The number of carbonyl (C=O) groups is 2. The fourth-order valence-corrected chi connectivity index (χ4v) is 5.30. The second kappa shape index (κ2) is 10.7. The Labute approximate surface area is 208 Å². The predicted octanol–water partition coefficient (Wildman–Crippen LogP) is 5.00. The van der Waals surface area contributed by atoms with Crippen molar-refractivity contribution >= 4 is 34.9 Å². The van der Waals surface area contributed by atoms with Crippen molar-refractivity contribution in [3.05, 3.63) is 103 Å². The van der Waals surface area contributed by atoms with Crippen LogP contribution >= 0.6 is 11.3 Å². The smallest absolute Gasteiger partial charge is 0.269 e. The van der Waals surface area contributed by atoms with Crippen molar-refractivity contribution in [2.75, 3.05) is 19.6 Å². The molecule has 4 rings (SSSR count). The van der Waals surface area contributed by atoms with Gasteiger partial charge in [0.1, 0.15) is 6.54 Å². The number of benzene rings is 2. The zero-order valence-corrected chi connectivity index (χ0v) is 20.5. The topological polar surface area (TPSA) is 83.8 Å². The predicted molar refractivity (Wildman–Crippen MR) is 137 cm³/mol. The zero-order valence-electron chi connectivity index (χ0n) is 19.7. The minimum absolute atomic E-state index is 0.00669. The van der Waals surface area contributed by atoms with Gasteiger partial charge in [0.25, 0.3) is 5.69 Å². The number of non-ortho nitro benzene ring substituents is 1. The molecule has 1 unspecified atom stereocenters. The molecule has 3 aromatic rings. The number of aryl methyl sites for hydroxylation is 1. The summed E-state index contributed by atoms with van der Waals surface area (Å²) in [5.74, 6) is -0.367. The Bertz CT molecular complexity index is 1270. The van der Waals surface area contributed by atoms with Gasteiger partial charge < -0.3 is 9.80 Å². The Morgan fingerprint density at radius 1 is 1.14 bits per heavy atom. The summed E-state index contributed by atoms with van der Waals surface area (Å²) in [6.07, 6.45) is 3.82. The monoisotopic (exact) mass is 489 g/mol. The Morgan fingerprint density at radius 3 is 2.57 bits per heavy atom. The van der Waals surface area contributed by atoms with Gasteiger partial charge in [-0.25, -0.2) is 0 Å². The molecule has 0 N–H and O–H groups in total. The first kappa shape index (κ1) is 24.3. The molecule has 1 atom stereocenters. The number of nitrogens with zero attached hydrogens (tertiary/aromatic N) is 3. The molecule has 7 nitrogen and oxygen atoms in total. The molecule has 8 heteroatoms. The second-order valence-corrected chi connectivity index (χ2v) is 9.43. The number of likely N-dealkylation sites (N-methyl/N-ethyl adjacent to an activating group) is 1. The van der Waals surface area contributed by atoms with E-state index < -0.39 is 4.92 Å². The molecular weight excluding hydrogens is 462 g/mol. The van der Waals surface area contributed by atoms with Crippen LogP contribution in [0.25, 0.3) is 6.08 Å². The van der Waals surface area contributed by atoms with E-state index >= 15 is 0 Å². The molecule has 0 spiro atoms. The van der Waals surface area contributed by atoms with Crippen LogP contribution in [0.2, 0.25) is 0 Å². The number of hydrogen-bond acceptors (Lipinski definition) is 5. The number of nitro groups is 1. The van der Waals surface area contributed by atoms with Gasteiger partial charge in [-0.2, -0.15) is 0 Å². The number of amides is 2. The van der Waals surface area contributed by atoms with Crippen molar-refractivity contribution in [1.29, 1.82) is 0 Å². The van der Waals surface area contributed by atoms with Crippen LogP contribution in [-0.4, -0.2) is 46.2 Å². The number of rotatable bonds is 7. The van der Waals surface area contributed by atoms with E-state index in [0.717, 1.165) is 23.1 Å². The highest BCUT2D eigenvalue weighted by Gasteiger charge is 2.34. The Balaban J connectivity index is 1.51. The Hall–Kier alpha value is -3.78. The average molecular weight is 490 g/mol. The lowest BCUT2D eigenvalue weighted by Crippen LogP contribution is -2.46. The van der Waals surface area contributed by atoms with Crippen molar-refractivity contribution in [2.45, 2.75) is 26.3 Å². The molecular formula is C27H27N3O4S. The summed E-state index contributed by atoms with van der Waals surface area (Å²) in [5.41, 5.74) is 4.06. The SMILES string of the molecule is CCN(CC(=O)N1CCc2sccc2C1c1ccccc1C)C(=O)/C=C/c1ccc([N+](=O)[O-])cc1. The molecule has 0 saturated carbocycles. The molecule has 2 amide bonds. The Morgan fingerprint density at radius 2 is 1.89 bits per heavy atom. The molecule has 0 fully saturated rings. The largest absolute Gasteiger partial charge is 0.330 e. The zero-order chi connectivity index (χ0) is 24.9. The highest BCUT2D eigenvalue weighted by atomic mass is 32.1. The third-order valence-electron chi connectivity index (χ3n) is 6.31. The van der Waals surface area contributed by atoms with Crippen molar-refractivity contribution in [3.63, 3.8) is 0 Å². The average Bonchev–Trinajstić information content (AvgIpc) is 3.35. The summed E-state index contributed by atoms with van der Waals surface area (Å²) >= 11 is 1.72. The number of nitro benzene ring substituents is 1. The lowest BCUT2D eigenvalue weighted by atomic mass is 9.90. The van der Waals surface area contributed by atoms with Crippen LogP contribution in [0.15, 0.2) is 66.1 Å². The molecule has 1 aliphatic rings. The van der Waals surface area contributed by atoms with Crippen LogP contribution in [0.5, 0.6) is 0 Å². The third-order valence-corrected chi connectivity index (χ3v) is 7.31. The van der Waals surface area contributed by atoms with Crippen LogP contribution in [-0.2, 0) is 16.0 Å². The summed E-state index contributed by atoms with van der Waals surface area (Å²) in [5, 5.41) is 12.9. The fourth-order valence-electron chi connectivity index (χ4n) is 4.39. The molecule has 0 saturated heterocycles. The molecule has 2 aromatic carbocycles. The van der Waals surface area contributed by atoms with Gasteiger partial charge in [0.15, 0.2) is 0 Å². The maximum absolute atomic E-state index is 13.5. The van der Waals surface area contributed by atoms with Gasteiger partial charge in [-0.3, -0.25) is 19.7 Å². The van der Waals surface area contributed by atoms with Crippen LogP contribution < -0.4 is 0 Å². The molecule has 0 radical (unpaired) electrons. The first-order valence-electron chi connectivity index (χ1n) is 11.5. The van der Waals surface area contributed by atoms with E-state index in [4.69, 9.17) is 0 Å². The molecule has 1 aliphatic heterocycles. The molecule has 2 heterocycles. The van der Waals surface area contributed by atoms with Crippen LogP contribution in [0.3, 0.4) is 0 Å². The van der Waals surface area contributed by atoms with E-state index in [1.54, 1.807) is 29.5 Å². The summed E-state index contributed by atoms with van der Waals surface area (Å²) in [4.78, 5) is 41.5. The summed E-state index contributed by atoms with van der Waals surface area (Å²) in [6, 6.07) is 16.0. The normalized spacial score (nSPS) is 15.1. The summed E-state index contributed by atoms with van der Waals surface area (Å²) in [7, 11) is 0. The van der Waals surface area contributed by atoms with Crippen molar-refractivity contribution in [1.82, 2.24) is 9.80 Å². The first-order chi connectivity index (χ1) is 16.9. The lowest BCUT2D eigenvalue weighted by molar-refractivity contribution is -0.384. The molecule has 180 valence electrons. The van der Waals surface area contributed by atoms with E-state index in [1.165, 1.54) is 28.0 Å². The van der Waals surface area contributed by atoms with Crippen LogP contribution in [0.1, 0.15) is 40.1 Å². The number of hydrogen-bond donors (Lipinski definition) is 0. The quantitative estimate of drug-likeness (QED) is 0.266. The standard InChI is InChI=1S/C27H27N3O4S/c1-3-28(25(31)13-10-20-8-11-21(12-9-20)30(33)34)18-26(32)29-16-14-24-23(15-17-35-24)27(29)22-7-5-4-6-19(22)2/h4-13,15,17,27H,3,14,16,18H2,1-2H3/b13-10+. The number of fused-ring (bicyclic) bond motifs is 1. The van der Waals surface area contributed by atoms with Crippen molar-refractivity contribution in [3.8, 4) is 0 Å². The summed E-state index contributed by atoms with van der Waals surface area (Å²) < 4.78 is 0. The van der Waals surface area contributed by atoms with Gasteiger partial charge in [-0.1, -0.05) is 24.3 Å². The molecule has 0 bridgehead atoms. The van der Waals surface area contributed by atoms with Gasteiger partial charge in [0.2, 0.25) is 11.8 Å². The summed E-state index contributed by atoms with van der Waals surface area (Å²) in [6.45, 7) is 4.89. The highest BCUT2D eigenvalue weighted by molar-refractivity contribution is 7.10. The van der Waals surface area contributed by atoms with Crippen LogP contribution in [0, 0.1) is 17.0 Å². The van der Waals surface area contributed by atoms with Gasteiger partial charge in [0.05, 0.1) is 11.0 Å². The minimum atomic E-state index is -0.465. The van der Waals surface area contributed by atoms with Gasteiger partial charge >= 0.3 is 0 Å². The fraction of sp³-hybridized carbons (Fsp3) is 0.259. The van der Waals surface area contributed by atoms with E-state index in [1.807, 2.05) is 24.0 Å². The van der Waals surface area contributed by atoms with Crippen molar-refractivity contribution < 1.29 is 14.5 Å². The van der Waals surface area contributed by atoms with E-state index in [9.17, 15) is 19.7 Å². The lowest BCUT2D eigenvalue weighted by Gasteiger charge is -2.38. The minimum Gasteiger partial charge on any atom is -0.330 e. The van der Waals surface area contributed by atoms with Crippen LogP contribution in [0.4, 0.5) is 5.69 Å². The molecule has 0 aliphatic carbocycles. The molecule has 35 heavy (non-hydrogen) atoms. The highest BCUT2D eigenvalue weighted by Crippen LogP contribution is 2.39. The second-order valence-electron chi connectivity index (χ2n) is 8.43. The maximum Gasteiger partial charge on any atom is 0.269 e. The Kier molecular flexibility index (Phi) is 7.41. The van der Waals surface area contributed by atoms with Gasteiger partial charge in [-0.15, -0.1) is 11.3 Å². The van der Waals surface area contributed by atoms with E-state index in [-0.39, 0.29) is 30.1 Å². The molecule has 1 aromatic heterocycles. The van der Waals surface area contributed by atoms with E-state index in [0.29, 0.717) is 18.7 Å². The first-order valence-corrected chi connectivity index (χ1v) is 12.4. The number of thiophene rings is 1. The van der Waals surface area contributed by atoms with Crippen molar-refractivity contribution in [2.24, 2.45) is 0 Å².